The van der Waals surface area contributed by atoms with Crippen molar-refractivity contribution in [1.82, 2.24) is 4.90 Å². The molecule has 3 rings (SSSR count). The van der Waals surface area contributed by atoms with Crippen LogP contribution in [0.15, 0.2) is 22.7 Å². The Balaban J connectivity index is 0.00000192. The maximum atomic E-state index is 12.9. The van der Waals surface area contributed by atoms with E-state index < -0.39 is 11.7 Å². The molecule has 1 aliphatic carbocycles. The third-order valence-electron chi connectivity index (χ3n) is 4.72. The summed E-state index contributed by atoms with van der Waals surface area (Å²) < 4.78 is 38.8. The van der Waals surface area contributed by atoms with Crippen molar-refractivity contribution in [2.75, 3.05) is 13.1 Å². The average Bonchev–Trinajstić information content (AvgIpc) is 3.00. The van der Waals surface area contributed by atoms with Crippen LogP contribution in [-0.2, 0) is 6.18 Å². The van der Waals surface area contributed by atoms with Gasteiger partial charge in [0.2, 0.25) is 0 Å². The molecule has 0 bridgehead atoms. The molecule has 1 saturated heterocycles. The number of amides is 1. The van der Waals surface area contributed by atoms with E-state index in [1.165, 1.54) is 12.1 Å². The Labute approximate surface area is 146 Å². The lowest BCUT2D eigenvalue weighted by Gasteiger charge is -2.19. The standard InChI is InChI=1S/C15H16BrF3N2O.ClH/c16-12-3-1-8(5-11(12)15(17,18)19)14(22)21-6-9-2-4-13(20)10(9)7-21;/h1,3,5,9-10,13H,2,4,6-7,20H2;1H. The van der Waals surface area contributed by atoms with Crippen LogP contribution in [0.2, 0.25) is 0 Å². The van der Waals surface area contributed by atoms with Gasteiger partial charge in [-0.15, -0.1) is 12.4 Å². The Bertz CT molecular complexity index is 611. The molecule has 1 aliphatic heterocycles. The minimum atomic E-state index is -4.49. The van der Waals surface area contributed by atoms with Gasteiger partial charge in [0.15, 0.2) is 0 Å². The molecule has 23 heavy (non-hydrogen) atoms. The lowest BCUT2D eigenvalue weighted by Crippen LogP contribution is -2.33. The fourth-order valence-corrected chi connectivity index (χ4v) is 4.00. The molecule has 1 aromatic carbocycles. The molecule has 2 aliphatic rings. The first-order valence-corrected chi connectivity index (χ1v) is 7.98. The fourth-order valence-electron chi connectivity index (χ4n) is 3.53. The van der Waals surface area contributed by atoms with Gasteiger partial charge in [-0.3, -0.25) is 4.79 Å². The minimum Gasteiger partial charge on any atom is -0.338 e. The highest BCUT2D eigenvalue weighted by Crippen LogP contribution is 2.39. The average molecular weight is 414 g/mol. The van der Waals surface area contributed by atoms with E-state index in [1.807, 2.05) is 0 Å². The summed E-state index contributed by atoms with van der Waals surface area (Å²) in [5.74, 6) is 0.317. The van der Waals surface area contributed by atoms with Crippen LogP contribution in [0.1, 0.15) is 28.8 Å². The number of hydrogen-bond acceptors (Lipinski definition) is 2. The Morgan fingerprint density at radius 2 is 1.96 bits per heavy atom. The van der Waals surface area contributed by atoms with Crippen LogP contribution in [0.25, 0.3) is 0 Å². The Kier molecular flexibility index (Phi) is 5.33. The van der Waals surface area contributed by atoms with Gasteiger partial charge in [-0.25, -0.2) is 0 Å². The zero-order chi connectivity index (χ0) is 16.1. The zero-order valence-corrected chi connectivity index (χ0v) is 14.5. The van der Waals surface area contributed by atoms with Crippen LogP contribution in [0, 0.1) is 11.8 Å². The monoisotopic (exact) mass is 412 g/mol. The van der Waals surface area contributed by atoms with Crippen molar-refractivity contribution < 1.29 is 18.0 Å². The molecule has 0 radical (unpaired) electrons. The van der Waals surface area contributed by atoms with Crippen molar-refractivity contribution in [3.63, 3.8) is 0 Å². The second kappa shape index (κ2) is 6.61. The van der Waals surface area contributed by atoms with Crippen molar-refractivity contribution >= 4 is 34.2 Å². The van der Waals surface area contributed by atoms with Crippen LogP contribution in [-0.4, -0.2) is 29.9 Å². The highest BCUT2D eigenvalue weighted by Gasteiger charge is 2.43. The van der Waals surface area contributed by atoms with Crippen LogP contribution in [0.4, 0.5) is 13.2 Å². The van der Waals surface area contributed by atoms with Crippen molar-refractivity contribution in [1.29, 1.82) is 0 Å². The predicted molar refractivity (Wildman–Crippen MR) is 86.5 cm³/mol. The van der Waals surface area contributed by atoms with Crippen molar-refractivity contribution in [2.45, 2.75) is 25.1 Å². The van der Waals surface area contributed by atoms with Crippen LogP contribution in [0.5, 0.6) is 0 Å². The molecule has 1 aromatic rings. The number of nitrogens with zero attached hydrogens (tertiary/aromatic N) is 1. The molecule has 0 spiro atoms. The van der Waals surface area contributed by atoms with Gasteiger partial charge in [-0.05, 0) is 42.9 Å². The maximum absolute atomic E-state index is 12.9. The number of benzene rings is 1. The number of hydrogen-bond donors (Lipinski definition) is 1. The third-order valence-corrected chi connectivity index (χ3v) is 5.41. The number of nitrogens with two attached hydrogens (primary N) is 1. The lowest BCUT2D eigenvalue weighted by atomic mass is 9.98. The molecule has 1 saturated carbocycles. The summed E-state index contributed by atoms with van der Waals surface area (Å²) in [6.45, 7) is 1.14. The molecule has 8 heteroatoms. The van der Waals surface area contributed by atoms with Crippen LogP contribution >= 0.6 is 28.3 Å². The molecule has 3 atom stereocenters. The van der Waals surface area contributed by atoms with E-state index in [1.54, 1.807) is 4.90 Å². The highest BCUT2D eigenvalue weighted by molar-refractivity contribution is 9.10. The normalized spacial score (nSPS) is 26.8. The number of alkyl halides is 3. The molecular formula is C15H17BrClF3N2O. The number of halogens is 5. The Hall–Kier alpha value is -0.790. The molecule has 3 nitrogen and oxygen atoms in total. The largest absolute Gasteiger partial charge is 0.417 e. The van der Waals surface area contributed by atoms with Gasteiger partial charge in [0.05, 0.1) is 5.56 Å². The lowest BCUT2D eigenvalue weighted by molar-refractivity contribution is -0.138. The first-order valence-electron chi connectivity index (χ1n) is 7.19. The quantitative estimate of drug-likeness (QED) is 0.763. The van der Waals surface area contributed by atoms with E-state index in [9.17, 15) is 18.0 Å². The first kappa shape index (κ1) is 18.5. The number of rotatable bonds is 1. The van der Waals surface area contributed by atoms with Crippen molar-refractivity contribution in [3.05, 3.63) is 33.8 Å². The molecule has 2 fully saturated rings. The summed E-state index contributed by atoms with van der Waals surface area (Å²) >= 11 is 2.88. The number of carbonyl (C=O) groups is 1. The molecule has 128 valence electrons. The fraction of sp³-hybridized carbons (Fsp3) is 0.533. The molecule has 2 N–H and O–H groups in total. The molecular weight excluding hydrogens is 397 g/mol. The second-order valence-electron chi connectivity index (χ2n) is 6.07. The maximum Gasteiger partial charge on any atom is 0.417 e. The third kappa shape index (κ3) is 3.51. The smallest absolute Gasteiger partial charge is 0.338 e. The Morgan fingerprint density at radius 1 is 1.26 bits per heavy atom. The topological polar surface area (TPSA) is 46.3 Å². The van der Waals surface area contributed by atoms with Gasteiger partial charge in [-0.1, -0.05) is 15.9 Å². The summed E-state index contributed by atoms with van der Waals surface area (Å²) in [5, 5.41) is 0. The van der Waals surface area contributed by atoms with Crippen molar-refractivity contribution in [3.8, 4) is 0 Å². The summed E-state index contributed by atoms with van der Waals surface area (Å²) in [4.78, 5) is 14.1. The van der Waals surface area contributed by atoms with Gasteiger partial charge in [-0.2, -0.15) is 13.2 Å². The van der Waals surface area contributed by atoms with Crippen LogP contribution in [0.3, 0.4) is 0 Å². The molecule has 1 amide bonds. The van der Waals surface area contributed by atoms with E-state index in [0.29, 0.717) is 19.0 Å². The molecule has 1 heterocycles. The predicted octanol–water partition coefficient (Wildman–Crippen LogP) is 3.70. The van der Waals surface area contributed by atoms with E-state index in [4.69, 9.17) is 5.73 Å². The van der Waals surface area contributed by atoms with Gasteiger partial charge in [0.1, 0.15) is 0 Å². The van der Waals surface area contributed by atoms with E-state index >= 15 is 0 Å². The van der Waals surface area contributed by atoms with Gasteiger partial charge in [0, 0.05) is 29.2 Å². The number of likely N-dealkylation sites (tertiary alicyclic amines) is 1. The first-order chi connectivity index (χ1) is 10.3. The Morgan fingerprint density at radius 3 is 2.57 bits per heavy atom. The SMILES string of the molecule is Cl.NC1CCC2CN(C(=O)c3ccc(Br)c(C(F)(F)F)c3)CC12. The van der Waals surface area contributed by atoms with Gasteiger partial charge < -0.3 is 10.6 Å². The van der Waals surface area contributed by atoms with Crippen molar-refractivity contribution in [2.24, 2.45) is 17.6 Å². The zero-order valence-electron chi connectivity index (χ0n) is 12.1. The van der Waals surface area contributed by atoms with E-state index in [0.717, 1.165) is 18.9 Å². The summed E-state index contributed by atoms with van der Waals surface area (Å²) in [6, 6.07) is 3.72. The van der Waals surface area contributed by atoms with Gasteiger partial charge in [0.25, 0.3) is 5.91 Å². The highest BCUT2D eigenvalue weighted by atomic mass is 79.9. The van der Waals surface area contributed by atoms with E-state index in [2.05, 4.69) is 15.9 Å². The number of carbonyl (C=O) groups excluding carboxylic acids is 1. The number of fused-ring (bicyclic) bond motifs is 1. The molecule has 0 aromatic heterocycles. The minimum absolute atomic E-state index is 0. The van der Waals surface area contributed by atoms with Crippen LogP contribution < -0.4 is 5.73 Å². The summed E-state index contributed by atoms with van der Waals surface area (Å²) in [7, 11) is 0. The van der Waals surface area contributed by atoms with E-state index in [-0.39, 0.29) is 40.3 Å². The second-order valence-corrected chi connectivity index (χ2v) is 6.92. The van der Waals surface area contributed by atoms with Gasteiger partial charge >= 0.3 is 6.18 Å². The summed E-state index contributed by atoms with van der Waals surface area (Å²) in [5.41, 5.74) is 5.28. The molecule has 3 unspecified atom stereocenters. The summed E-state index contributed by atoms with van der Waals surface area (Å²) in [6.07, 6.45) is -2.53.